The molecule has 6 rings (SSSR count). The van der Waals surface area contributed by atoms with Gasteiger partial charge in [-0.1, -0.05) is 42.0 Å². The van der Waals surface area contributed by atoms with Crippen LogP contribution in [-0.2, 0) is 19.1 Å². The highest BCUT2D eigenvalue weighted by Gasteiger charge is 2.67. The summed E-state index contributed by atoms with van der Waals surface area (Å²) in [4.78, 5) is 52.6. The zero-order valence-corrected chi connectivity index (χ0v) is 17.3. The molecule has 1 saturated heterocycles. The second kappa shape index (κ2) is 6.62. The van der Waals surface area contributed by atoms with Crippen molar-refractivity contribution in [2.24, 2.45) is 35.5 Å². The number of ether oxygens (including phenoxy) is 1. The Morgan fingerprint density at radius 2 is 1.50 bits per heavy atom. The van der Waals surface area contributed by atoms with Gasteiger partial charge in [0.15, 0.2) is 6.10 Å². The Balaban J connectivity index is 1.29. The molecule has 5 aliphatic rings. The Labute approximate surface area is 175 Å². The maximum absolute atomic E-state index is 13.1. The van der Waals surface area contributed by atoms with E-state index < -0.39 is 18.1 Å². The van der Waals surface area contributed by atoms with E-state index in [1.54, 1.807) is 12.1 Å². The standard InChI is InChI=1S/C24H25NO5/c1-11-4-6-14(7-5-11)21(26)13(3)30-24(29)12(2)25-22(27)19-15-8-9-16(18-10-17(15)18)20(19)23(25)28/h4-9,12-13,15-20H,10H2,1-3H3/t12-,13-,15-,16-,17-,18-,19+,20+/m0/s1. The SMILES string of the molecule is Cc1ccc(C(=O)[C@H](C)OC(=O)[C@H](C)N2C(=O)[C@@H]3[C@H]4C=C[C@@H]([C@@H]5C[C@@H]45)[C@H]3C2=O)cc1. The second-order valence-electron chi connectivity index (χ2n) is 9.19. The maximum atomic E-state index is 13.1. The molecule has 2 saturated carbocycles. The molecule has 0 radical (unpaired) electrons. The molecule has 1 aromatic rings. The van der Waals surface area contributed by atoms with Gasteiger partial charge in [-0.25, -0.2) is 4.79 Å². The van der Waals surface area contributed by atoms with Crippen molar-refractivity contribution in [3.8, 4) is 0 Å². The van der Waals surface area contributed by atoms with Gasteiger partial charge in [0.2, 0.25) is 17.6 Å². The van der Waals surface area contributed by atoms with Gasteiger partial charge in [-0.15, -0.1) is 0 Å². The van der Waals surface area contributed by atoms with Crippen molar-refractivity contribution in [2.45, 2.75) is 39.3 Å². The predicted octanol–water partition coefficient (Wildman–Crippen LogP) is 2.55. The molecule has 156 valence electrons. The van der Waals surface area contributed by atoms with Crippen LogP contribution in [0.25, 0.3) is 0 Å². The maximum Gasteiger partial charge on any atom is 0.329 e. The first-order valence-corrected chi connectivity index (χ1v) is 10.7. The van der Waals surface area contributed by atoms with Crippen molar-refractivity contribution in [2.75, 3.05) is 0 Å². The van der Waals surface area contributed by atoms with E-state index in [2.05, 4.69) is 12.2 Å². The van der Waals surface area contributed by atoms with Crippen molar-refractivity contribution < 1.29 is 23.9 Å². The topological polar surface area (TPSA) is 80.8 Å². The van der Waals surface area contributed by atoms with E-state index in [0.717, 1.165) is 16.9 Å². The van der Waals surface area contributed by atoms with Gasteiger partial charge >= 0.3 is 5.97 Å². The molecule has 8 atom stereocenters. The minimum absolute atomic E-state index is 0.108. The number of ketones is 1. The number of hydrogen-bond donors (Lipinski definition) is 0. The molecule has 6 nitrogen and oxygen atoms in total. The molecule has 3 fully saturated rings. The quantitative estimate of drug-likeness (QED) is 0.324. The van der Waals surface area contributed by atoms with Gasteiger partial charge in [0.05, 0.1) is 11.8 Å². The number of esters is 1. The highest BCUT2D eigenvalue weighted by atomic mass is 16.5. The molecular weight excluding hydrogens is 382 g/mol. The van der Waals surface area contributed by atoms with Crippen LogP contribution in [0.2, 0.25) is 0 Å². The Morgan fingerprint density at radius 1 is 0.967 bits per heavy atom. The molecule has 2 bridgehead atoms. The summed E-state index contributed by atoms with van der Waals surface area (Å²) in [5, 5.41) is 0. The third kappa shape index (κ3) is 2.69. The molecule has 0 spiro atoms. The highest BCUT2D eigenvalue weighted by Crippen LogP contribution is 2.65. The summed E-state index contributed by atoms with van der Waals surface area (Å²) < 4.78 is 5.37. The van der Waals surface area contributed by atoms with Gasteiger partial charge < -0.3 is 4.74 Å². The predicted molar refractivity (Wildman–Crippen MR) is 107 cm³/mol. The molecule has 1 aliphatic heterocycles. The van der Waals surface area contributed by atoms with E-state index in [9.17, 15) is 19.2 Å². The van der Waals surface area contributed by atoms with Crippen LogP contribution in [-0.4, -0.2) is 40.6 Å². The fourth-order valence-corrected chi connectivity index (χ4v) is 5.75. The number of aryl methyl sites for hydroxylation is 1. The van der Waals surface area contributed by atoms with Crippen molar-refractivity contribution in [1.29, 1.82) is 0 Å². The normalized spacial score (nSPS) is 35.0. The van der Waals surface area contributed by atoms with Crippen LogP contribution in [0.15, 0.2) is 36.4 Å². The van der Waals surface area contributed by atoms with Gasteiger partial charge in [0.25, 0.3) is 0 Å². The number of nitrogens with zero attached hydrogens (tertiary/aromatic N) is 1. The average molecular weight is 407 g/mol. The van der Waals surface area contributed by atoms with E-state index in [1.807, 2.05) is 19.1 Å². The number of likely N-dealkylation sites (tertiary alicyclic amines) is 1. The second-order valence-corrected chi connectivity index (χ2v) is 9.19. The number of allylic oxidation sites excluding steroid dienone is 2. The molecule has 1 heterocycles. The fraction of sp³-hybridized carbons (Fsp3) is 0.500. The lowest BCUT2D eigenvalue weighted by Crippen LogP contribution is -2.46. The summed E-state index contributed by atoms with van der Waals surface area (Å²) in [5.74, 6) is -1.04. The van der Waals surface area contributed by atoms with Crippen LogP contribution in [0, 0.1) is 42.4 Å². The van der Waals surface area contributed by atoms with Crippen LogP contribution in [0.3, 0.4) is 0 Å². The Kier molecular flexibility index (Phi) is 4.24. The Hall–Kier alpha value is -2.76. The van der Waals surface area contributed by atoms with Gasteiger partial charge in [-0.05, 0) is 50.9 Å². The third-order valence-corrected chi connectivity index (χ3v) is 7.42. The molecule has 4 aliphatic carbocycles. The van der Waals surface area contributed by atoms with Crippen molar-refractivity contribution in [3.63, 3.8) is 0 Å². The lowest BCUT2D eigenvalue weighted by molar-refractivity contribution is -0.160. The molecule has 0 aromatic heterocycles. The van der Waals surface area contributed by atoms with Gasteiger partial charge in [-0.2, -0.15) is 0 Å². The zero-order chi connectivity index (χ0) is 21.3. The first-order valence-electron chi connectivity index (χ1n) is 10.7. The number of Topliss-reactive ketones (excluding diaryl/α,β-unsaturated/α-hetero) is 1. The number of rotatable bonds is 5. The number of benzene rings is 1. The summed E-state index contributed by atoms with van der Waals surface area (Å²) in [6.45, 7) is 4.94. The Morgan fingerprint density at radius 3 is 2.03 bits per heavy atom. The van der Waals surface area contributed by atoms with Crippen LogP contribution >= 0.6 is 0 Å². The molecule has 6 heteroatoms. The molecule has 30 heavy (non-hydrogen) atoms. The van der Waals surface area contributed by atoms with E-state index in [1.165, 1.54) is 13.8 Å². The lowest BCUT2D eigenvalue weighted by Gasteiger charge is -2.37. The highest BCUT2D eigenvalue weighted by molar-refractivity contribution is 6.09. The van der Waals surface area contributed by atoms with Crippen molar-refractivity contribution in [3.05, 3.63) is 47.5 Å². The Bertz CT molecular complexity index is 944. The molecule has 1 aromatic carbocycles. The van der Waals surface area contributed by atoms with Crippen molar-refractivity contribution >= 4 is 23.6 Å². The van der Waals surface area contributed by atoms with Crippen LogP contribution < -0.4 is 0 Å². The number of carbonyl (C=O) groups is 4. The largest absolute Gasteiger partial charge is 0.453 e. The number of carbonyl (C=O) groups excluding carboxylic acids is 4. The monoisotopic (exact) mass is 407 g/mol. The average Bonchev–Trinajstić information content (AvgIpc) is 3.51. The molecule has 0 N–H and O–H groups in total. The van der Waals surface area contributed by atoms with Gasteiger partial charge in [0.1, 0.15) is 6.04 Å². The van der Waals surface area contributed by atoms with Crippen LogP contribution in [0.4, 0.5) is 0 Å². The number of amides is 2. The van der Waals surface area contributed by atoms with Gasteiger partial charge in [0, 0.05) is 5.56 Å². The summed E-state index contributed by atoms with van der Waals surface area (Å²) in [7, 11) is 0. The van der Waals surface area contributed by atoms with Crippen molar-refractivity contribution in [1.82, 2.24) is 4.90 Å². The lowest BCUT2D eigenvalue weighted by atomic mass is 9.63. The smallest absolute Gasteiger partial charge is 0.329 e. The molecular formula is C24H25NO5. The zero-order valence-electron chi connectivity index (χ0n) is 17.3. The minimum atomic E-state index is -1.04. The third-order valence-electron chi connectivity index (χ3n) is 7.42. The van der Waals surface area contributed by atoms with E-state index in [4.69, 9.17) is 4.74 Å². The summed E-state index contributed by atoms with van der Waals surface area (Å²) >= 11 is 0. The fourth-order valence-electron chi connectivity index (χ4n) is 5.75. The van der Waals surface area contributed by atoms with Crippen LogP contribution in [0.5, 0.6) is 0 Å². The summed E-state index contributed by atoms with van der Waals surface area (Å²) in [6, 6.07) is 5.98. The van der Waals surface area contributed by atoms with Crippen LogP contribution in [0.1, 0.15) is 36.2 Å². The molecule has 2 amide bonds. The first-order chi connectivity index (χ1) is 14.3. The number of imide groups is 1. The first kappa shape index (κ1) is 19.2. The number of hydrogen-bond acceptors (Lipinski definition) is 5. The van der Waals surface area contributed by atoms with E-state index in [-0.39, 0.29) is 41.3 Å². The molecule has 0 unspecified atom stereocenters. The summed E-state index contributed by atoms with van der Waals surface area (Å²) in [5.41, 5.74) is 1.48. The van der Waals surface area contributed by atoms with E-state index >= 15 is 0 Å². The van der Waals surface area contributed by atoms with E-state index in [0.29, 0.717) is 17.4 Å². The van der Waals surface area contributed by atoms with Gasteiger partial charge in [-0.3, -0.25) is 19.3 Å². The summed E-state index contributed by atoms with van der Waals surface area (Å²) in [6.07, 6.45) is 4.29. The minimum Gasteiger partial charge on any atom is -0.453 e.